The zero-order valence-electron chi connectivity index (χ0n) is 11.4. The van der Waals surface area contributed by atoms with Gasteiger partial charge in [0.15, 0.2) is 0 Å². The average Bonchev–Trinajstić information content (AvgIpc) is 2.86. The maximum atomic E-state index is 12.4. The topological polar surface area (TPSA) is 57.7 Å². The van der Waals surface area contributed by atoms with E-state index in [2.05, 4.69) is 0 Å². The summed E-state index contributed by atoms with van der Waals surface area (Å²) in [5.41, 5.74) is 0.898. The second-order valence-corrected chi connectivity index (χ2v) is 5.23. The summed E-state index contributed by atoms with van der Waals surface area (Å²) in [6, 6.07) is 9.07. The van der Waals surface area contributed by atoms with Gasteiger partial charge in [-0.05, 0) is 12.5 Å². The molecule has 0 N–H and O–H groups in total. The Balaban J connectivity index is 2.07. The number of likely N-dealkylation sites (tertiary alicyclic amines) is 2. The second kappa shape index (κ2) is 4.44. The highest BCUT2D eigenvalue weighted by molar-refractivity contribution is 6.17. The van der Waals surface area contributed by atoms with E-state index in [0.717, 1.165) is 5.56 Å². The van der Waals surface area contributed by atoms with Crippen molar-refractivity contribution >= 4 is 17.7 Å². The SMILES string of the molecule is CCN1C(=O)C2C(=O)N(C)C(c3ccccc3)C2C1=O. The van der Waals surface area contributed by atoms with Crippen molar-refractivity contribution in [3.63, 3.8) is 0 Å². The predicted octanol–water partition coefficient (Wildman–Crippen LogP) is 0.821. The van der Waals surface area contributed by atoms with Gasteiger partial charge in [-0.1, -0.05) is 30.3 Å². The van der Waals surface area contributed by atoms with Crippen LogP contribution in [0.15, 0.2) is 30.3 Å². The largest absolute Gasteiger partial charge is 0.337 e. The van der Waals surface area contributed by atoms with Crippen LogP contribution in [0, 0.1) is 11.8 Å². The summed E-state index contributed by atoms with van der Waals surface area (Å²) in [6.07, 6.45) is 0. The van der Waals surface area contributed by atoms with E-state index in [0.29, 0.717) is 6.54 Å². The third-order valence-corrected chi connectivity index (χ3v) is 4.27. The van der Waals surface area contributed by atoms with Crippen molar-refractivity contribution in [3.8, 4) is 0 Å². The molecule has 0 saturated carbocycles. The van der Waals surface area contributed by atoms with Crippen molar-refractivity contribution in [2.45, 2.75) is 13.0 Å². The fourth-order valence-electron chi connectivity index (χ4n) is 3.32. The van der Waals surface area contributed by atoms with Crippen molar-refractivity contribution in [1.29, 1.82) is 0 Å². The lowest BCUT2D eigenvalue weighted by molar-refractivity contribution is -0.143. The summed E-state index contributed by atoms with van der Waals surface area (Å²) >= 11 is 0. The highest BCUT2D eigenvalue weighted by Crippen LogP contribution is 2.45. The molecule has 0 radical (unpaired) electrons. The second-order valence-electron chi connectivity index (χ2n) is 5.23. The third kappa shape index (κ3) is 1.52. The molecule has 104 valence electrons. The number of imide groups is 1. The lowest BCUT2D eigenvalue weighted by Crippen LogP contribution is -2.37. The molecule has 0 spiro atoms. The van der Waals surface area contributed by atoms with Crippen LogP contribution in [0.25, 0.3) is 0 Å². The first kappa shape index (κ1) is 12.8. The van der Waals surface area contributed by atoms with Gasteiger partial charge in [0.2, 0.25) is 17.7 Å². The molecule has 0 bridgehead atoms. The Kier molecular flexibility index (Phi) is 2.85. The van der Waals surface area contributed by atoms with Crippen LogP contribution < -0.4 is 0 Å². The summed E-state index contributed by atoms with van der Waals surface area (Å²) in [4.78, 5) is 39.7. The molecule has 5 nitrogen and oxygen atoms in total. The smallest absolute Gasteiger partial charge is 0.242 e. The first-order valence-corrected chi connectivity index (χ1v) is 6.74. The van der Waals surface area contributed by atoms with E-state index in [-0.39, 0.29) is 23.8 Å². The van der Waals surface area contributed by atoms with E-state index in [1.807, 2.05) is 30.3 Å². The zero-order valence-corrected chi connectivity index (χ0v) is 11.4. The zero-order chi connectivity index (χ0) is 14.4. The quantitative estimate of drug-likeness (QED) is 0.591. The molecule has 0 aromatic heterocycles. The van der Waals surface area contributed by atoms with Gasteiger partial charge in [-0.2, -0.15) is 0 Å². The van der Waals surface area contributed by atoms with Crippen LogP contribution in [0.1, 0.15) is 18.5 Å². The molecule has 3 rings (SSSR count). The van der Waals surface area contributed by atoms with Crippen molar-refractivity contribution in [2.75, 3.05) is 13.6 Å². The van der Waals surface area contributed by atoms with E-state index in [1.165, 1.54) is 9.80 Å². The summed E-state index contributed by atoms with van der Waals surface area (Å²) in [5, 5.41) is 0. The minimum atomic E-state index is -0.836. The molecule has 1 aromatic carbocycles. The van der Waals surface area contributed by atoms with Crippen LogP contribution >= 0.6 is 0 Å². The molecule has 2 saturated heterocycles. The number of carbonyl (C=O) groups excluding carboxylic acids is 3. The van der Waals surface area contributed by atoms with E-state index in [9.17, 15) is 14.4 Å². The van der Waals surface area contributed by atoms with Gasteiger partial charge in [0.1, 0.15) is 5.92 Å². The number of fused-ring (bicyclic) bond motifs is 1. The Labute approximate surface area is 117 Å². The van der Waals surface area contributed by atoms with Gasteiger partial charge in [0, 0.05) is 13.6 Å². The predicted molar refractivity (Wildman–Crippen MR) is 71.3 cm³/mol. The lowest BCUT2D eigenvalue weighted by atomic mass is 9.88. The van der Waals surface area contributed by atoms with Crippen LogP contribution in [-0.2, 0) is 14.4 Å². The van der Waals surface area contributed by atoms with Crippen molar-refractivity contribution in [3.05, 3.63) is 35.9 Å². The number of carbonyl (C=O) groups is 3. The van der Waals surface area contributed by atoms with Crippen molar-refractivity contribution in [1.82, 2.24) is 9.80 Å². The minimum absolute atomic E-state index is 0.228. The van der Waals surface area contributed by atoms with Crippen molar-refractivity contribution in [2.24, 2.45) is 11.8 Å². The number of rotatable bonds is 2. The van der Waals surface area contributed by atoms with Crippen LogP contribution in [-0.4, -0.2) is 41.1 Å². The van der Waals surface area contributed by atoms with Crippen LogP contribution in [0.5, 0.6) is 0 Å². The number of benzene rings is 1. The van der Waals surface area contributed by atoms with Gasteiger partial charge >= 0.3 is 0 Å². The van der Waals surface area contributed by atoms with Crippen LogP contribution in [0.2, 0.25) is 0 Å². The molecule has 2 heterocycles. The molecule has 3 amide bonds. The summed E-state index contributed by atoms with van der Waals surface area (Å²) < 4.78 is 0. The number of amides is 3. The van der Waals surface area contributed by atoms with Gasteiger partial charge in [-0.25, -0.2) is 0 Å². The van der Waals surface area contributed by atoms with Gasteiger partial charge < -0.3 is 4.90 Å². The normalized spacial score (nSPS) is 29.3. The maximum absolute atomic E-state index is 12.4. The maximum Gasteiger partial charge on any atom is 0.242 e. The van der Waals surface area contributed by atoms with Crippen LogP contribution in [0.4, 0.5) is 0 Å². The van der Waals surface area contributed by atoms with E-state index in [1.54, 1.807) is 14.0 Å². The summed E-state index contributed by atoms with van der Waals surface area (Å²) in [5.74, 6) is -2.25. The van der Waals surface area contributed by atoms with Gasteiger partial charge in [0.05, 0.1) is 12.0 Å². The molecule has 5 heteroatoms. The number of hydrogen-bond acceptors (Lipinski definition) is 3. The lowest BCUT2D eigenvalue weighted by Gasteiger charge is -2.25. The van der Waals surface area contributed by atoms with E-state index >= 15 is 0 Å². The molecule has 3 unspecified atom stereocenters. The highest BCUT2D eigenvalue weighted by Gasteiger charge is 2.61. The van der Waals surface area contributed by atoms with Gasteiger partial charge in [-0.3, -0.25) is 19.3 Å². The number of nitrogens with zero attached hydrogens (tertiary/aromatic N) is 2. The fraction of sp³-hybridized carbons (Fsp3) is 0.400. The third-order valence-electron chi connectivity index (χ3n) is 4.27. The minimum Gasteiger partial charge on any atom is -0.337 e. The van der Waals surface area contributed by atoms with E-state index < -0.39 is 11.8 Å². The molecule has 2 aliphatic heterocycles. The molecule has 1 aromatic rings. The van der Waals surface area contributed by atoms with Gasteiger partial charge in [0.25, 0.3) is 0 Å². The molecule has 0 aliphatic carbocycles. The highest BCUT2D eigenvalue weighted by atomic mass is 16.2. The Hall–Kier alpha value is -2.17. The molecular weight excluding hydrogens is 256 g/mol. The molecule has 20 heavy (non-hydrogen) atoms. The Morgan fingerprint density at radius 3 is 2.25 bits per heavy atom. The molecular formula is C15H16N2O3. The van der Waals surface area contributed by atoms with Crippen LogP contribution in [0.3, 0.4) is 0 Å². The molecule has 2 fully saturated rings. The summed E-state index contributed by atoms with van der Waals surface area (Å²) in [7, 11) is 1.66. The molecule has 3 atom stereocenters. The Morgan fingerprint density at radius 1 is 1.00 bits per heavy atom. The Morgan fingerprint density at radius 2 is 1.65 bits per heavy atom. The summed E-state index contributed by atoms with van der Waals surface area (Å²) in [6.45, 7) is 2.08. The first-order valence-electron chi connectivity index (χ1n) is 6.74. The fourth-order valence-corrected chi connectivity index (χ4v) is 3.32. The first-order chi connectivity index (χ1) is 9.57. The van der Waals surface area contributed by atoms with Crippen molar-refractivity contribution < 1.29 is 14.4 Å². The standard InChI is InChI=1S/C15H16N2O3/c1-3-17-14(19)10-11(15(17)20)13(18)16(2)12(10)9-7-5-4-6-8-9/h4-8,10-12H,3H2,1-2H3. The molecule has 2 aliphatic rings. The number of hydrogen-bond donors (Lipinski definition) is 0. The van der Waals surface area contributed by atoms with E-state index in [4.69, 9.17) is 0 Å². The Bertz CT molecular complexity index is 584. The average molecular weight is 272 g/mol. The van der Waals surface area contributed by atoms with Gasteiger partial charge in [-0.15, -0.1) is 0 Å². The monoisotopic (exact) mass is 272 g/mol.